The second-order valence-corrected chi connectivity index (χ2v) is 6.32. The zero-order valence-electron chi connectivity index (χ0n) is 14.1. The molecule has 25 heavy (non-hydrogen) atoms. The average molecular weight is 354 g/mol. The number of thioether (sulfide) groups is 1. The summed E-state index contributed by atoms with van der Waals surface area (Å²) in [5.41, 5.74) is 0.861. The van der Waals surface area contributed by atoms with Crippen molar-refractivity contribution in [2.24, 2.45) is 0 Å². The molecule has 0 bridgehead atoms. The molecule has 0 aliphatic heterocycles. The van der Waals surface area contributed by atoms with Crippen LogP contribution in [-0.2, 0) is 17.9 Å². The lowest BCUT2D eigenvalue weighted by molar-refractivity contribution is 0.0465. The summed E-state index contributed by atoms with van der Waals surface area (Å²) in [6.07, 6.45) is 2.01. The molecule has 0 saturated heterocycles. The van der Waals surface area contributed by atoms with Crippen molar-refractivity contribution in [3.8, 4) is 0 Å². The highest BCUT2D eigenvalue weighted by atomic mass is 32.2. The summed E-state index contributed by atoms with van der Waals surface area (Å²) in [7, 11) is 0. The minimum absolute atomic E-state index is 0.161. The second kappa shape index (κ2) is 7.53. The van der Waals surface area contributed by atoms with Crippen LogP contribution in [0.4, 0.5) is 0 Å². The molecule has 0 atom stereocenters. The van der Waals surface area contributed by atoms with Gasteiger partial charge in [0.15, 0.2) is 5.69 Å². The van der Waals surface area contributed by atoms with E-state index in [2.05, 4.69) is 5.10 Å². The molecule has 0 unspecified atom stereocenters. The lowest BCUT2D eigenvalue weighted by atomic mass is 10.1. The molecule has 0 fully saturated rings. The Hall–Kier alpha value is -2.60. The number of aromatic nitrogens is 2. The van der Waals surface area contributed by atoms with Crippen LogP contribution in [0.2, 0.25) is 0 Å². The third-order valence-electron chi connectivity index (χ3n) is 3.89. The maximum Gasteiger partial charge on any atom is 0.359 e. The van der Waals surface area contributed by atoms with Gasteiger partial charge in [-0.3, -0.25) is 4.79 Å². The van der Waals surface area contributed by atoms with Crippen molar-refractivity contribution >= 4 is 28.5 Å². The Bertz CT molecular complexity index is 965. The minimum atomic E-state index is -0.535. The molecule has 3 rings (SSSR count). The van der Waals surface area contributed by atoms with Gasteiger partial charge in [-0.15, -0.1) is 11.8 Å². The van der Waals surface area contributed by atoms with E-state index in [1.54, 1.807) is 36.0 Å². The van der Waals surface area contributed by atoms with E-state index >= 15 is 0 Å². The van der Waals surface area contributed by atoms with Gasteiger partial charge in [0.25, 0.3) is 5.56 Å². The Morgan fingerprint density at radius 2 is 1.80 bits per heavy atom. The molecule has 0 radical (unpaired) electrons. The van der Waals surface area contributed by atoms with Crippen LogP contribution in [0.15, 0.2) is 58.2 Å². The third-order valence-corrected chi connectivity index (χ3v) is 4.63. The van der Waals surface area contributed by atoms with Gasteiger partial charge in [0, 0.05) is 16.8 Å². The fourth-order valence-electron chi connectivity index (χ4n) is 2.54. The SMILES string of the molecule is CCn1nc(C(=O)OCc2ccc(SC)cc2)c2ccccc2c1=O. The zero-order chi connectivity index (χ0) is 17.8. The lowest BCUT2D eigenvalue weighted by Crippen LogP contribution is -2.25. The number of benzene rings is 2. The quantitative estimate of drug-likeness (QED) is 0.518. The summed E-state index contributed by atoms with van der Waals surface area (Å²) < 4.78 is 6.70. The van der Waals surface area contributed by atoms with Crippen molar-refractivity contribution < 1.29 is 9.53 Å². The van der Waals surface area contributed by atoms with Crippen molar-refractivity contribution in [3.63, 3.8) is 0 Å². The number of carbonyl (C=O) groups excluding carboxylic acids is 1. The first-order valence-corrected chi connectivity index (χ1v) is 9.16. The lowest BCUT2D eigenvalue weighted by Gasteiger charge is -2.10. The predicted octanol–water partition coefficient (Wildman–Crippen LogP) is 3.50. The molecule has 0 amide bonds. The Morgan fingerprint density at radius 1 is 1.12 bits per heavy atom. The van der Waals surface area contributed by atoms with Crippen molar-refractivity contribution in [1.29, 1.82) is 0 Å². The van der Waals surface area contributed by atoms with Gasteiger partial charge >= 0.3 is 5.97 Å². The van der Waals surface area contributed by atoms with E-state index in [0.29, 0.717) is 17.3 Å². The number of fused-ring (bicyclic) bond motifs is 1. The van der Waals surface area contributed by atoms with E-state index in [1.807, 2.05) is 37.4 Å². The third kappa shape index (κ3) is 3.58. The highest BCUT2D eigenvalue weighted by Gasteiger charge is 2.17. The second-order valence-electron chi connectivity index (χ2n) is 5.44. The number of aryl methyl sites for hydroxylation is 1. The fourth-order valence-corrected chi connectivity index (χ4v) is 2.95. The van der Waals surface area contributed by atoms with Gasteiger partial charge in [0.2, 0.25) is 0 Å². The first kappa shape index (κ1) is 17.2. The van der Waals surface area contributed by atoms with Crippen LogP contribution in [0.5, 0.6) is 0 Å². The number of nitrogens with zero attached hydrogens (tertiary/aromatic N) is 2. The molecule has 2 aromatic carbocycles. The first-order valence-electron chi connectivity index (χ1n) is 7.94. The van der Waals surface area contributed by atoms with E-state index in [0.717, 1.165) is 10.5 Å². The van der Waals surface area contributed by atoms with Crippen LogP contribution >= 0.6 is 11.8 Å². The summed E-state index contributed by atoms with van der Waals surface area (Å²) in [4.78, 5) is 26.0. The number of carbonyl (C=O) groups is 1. The largest absolute Gasteiger partial charge is 0.456 e. The smallest absolute Gasteiger partial charge is 0.359 e. The number of esters is 1. The maximum absolute atomic E-state index is 12.5. The van der Waals surface area contributed by atoms with Gasteiger partial charge in [0.1, 0.15) is 6.61 Å². The van der Waals surface area contributed by atoms with Gasteiger partial charge in [0.05, 0.1) is 5.39 Å². The van der Waals surface area contributed by atoms with Crippen LogP contribution in [-0.4, -0.2) is 22.0 Å². The van der Waals surface area contributed by atoms with Gasteiger partial charge in [-0.2, -0.15) is 5.10 Å². The molecule has 128 valence electrons. The molecule has 0 saturated carbocycles. The predicted molar refractivity (Wildman–Crippen MR) is 99.0 cm³/mol. The molecule has 0 aliphatic carbocycles. The van der Waals surface area contributed by atoms with Crippen molar-refractivity contribution in [3.05, 3.63) is 70.1 Å². The highest BCUT2D eigenvalue weighted by molar-refractivity contribution is 7.98. The summed E-state index contributed by atoms with van der Waals surface area (Å²) in [6, 6.07) is 14.8. The van der Waals surface area contributed by atoms with Gasteiger partial charge in [-0.05, 0) is 36.9 Å². The van der Waals surface area contributed by atoms with E-state index in [-0.39, 0.29) is 17.9 Å². The van der Waals surface area contributed by atoms with E-state index < -0.39 is 5.97 Å². The Morgan fingerprint density at radius 3 is 2.44 bits per heavy atom. The molecule has 3 aromatic rings. The summed E-state index contributed by atoms with van der Waals surface area (Å²) in [6.45, 7) is 2.36. The number of hydrogen-bond donors (Lipinski definition) is 0. The van der Waals surface area contributed by atoms with Gasteiger partial charge in [-0.1, -0.05) is 30.3 Å². The molecule has 0 aliphatic rings. The molecule has 1 heterocycles. The summed E-state index contributed by atoms with van der Waals surface area (Å²) in [5.74, 6) is -0.535. The molecule has 5 nitrogen and oxygen atoms in total. The first-order chi connectivity index (χ1) is 12.1. The number of ether oxygens (including phenoxy) is 1. The zero-order valence-corrected chi connectivity index (χ0v) is 14.9. The Balaban J connectivity index is 1.88. The van der Waals surface area contributed by atoms with E-state index in [1.165, 1.54) is 4.68 Å². The maximum atomic E-state index is 12.5. The highest BCUT2D eigenvalue weighted by Crippen LogP contribution is 2.17. The summed E-state index contributed by atoms with van der Waals surface area (Å²) in [5, 5.41) is 5.17. The Labute approximate surface area is 149 Å². The molecule has 6 heteroatoms. The monoisotopic (exact) mass is 354 g/mol. The van der Waals surface area contributed by atoms with Crippen molar-refractivity contribution in [2.75, 3.05) is 6.26 Å². The molecular formula is C19H18N2O3S. The molecular weight excluding hydrogens is 336 g/mol. The van der Waals surface area contributed by atoms with Crippen LogP contribution in [0.1, 0.15) is 23.0 Å². The van der Waals surface area contributed by atoms with Crippen LogP contribution in [0.3, 0.4) is 0 Å². The molecule has 1 aromatic heterocycles. The topological polar surface area (TPSA) is 61.2 Å². The normalized spacial score (nSPS) is 10.8. The van der Waals surface area contributed by atoms with E-state index in [4.69, 9.17) is 4.74 Å². The fraction of sp³-hybridized carbons (Fsp3) is 0.211. The average Bonchev–Trinajstić information content (AvgIpc) is 2.67. The van der Waals surface area contributed by atoms with Gasteiger partial charge in [-0.25, -0.2) is 9.48 Å². The van der Waals surface area contributed by atoms with E-state index in [9.17, 15) is 9.59 Å². The molecule has 0 spiro atoms. The number of hydrogen-bond acceptors (Lipinski definition) is 5. The summed E-state index contributed by atoms with van der Waals surface area (Å²) >= 11 is 1.66. The van der Waals surface area contributed by atoms with Crippen molar-refractivity contribution in [1.82, 2.24) is 9.78 Å². The van der Waals surface area contributed by atoms with Crippen LogP contribution in [0, 0.1) is 0 Å². The standard InChI is InChI=1S/C19H18N2O3S/c1-3-21-18(22)16-7-5-4-6-15(16)17(20-21)19(23)24-12-13-8-10-14(25-2)11-9-13/h4-11H,3,12H2,1-2H3. The van der Waals surface area contributed by atoms with Gasteiger partial charge < -0.3 is 4.74 Å². The number of rotatable bonds is 5. The Kier molecular flexibility index (Phi) is 5.19. The van der Waals surface area contributed by atoms with Crippen molar-refractivity contribution in [2.45, 2.75) is 25.0 Å². The van der Waals surface area contributed by atoms with Crippen LogP contribution in [0.25, 0.3) is 10.8 Å². The van der Waals surface area contributed by atoms with Crippen LogP contribution < -0.4 is 5.56 Å². The minimum Gasteiger partial charge on any atom is -0.456 e. The molecule has 0 N–H and O–H groups in total.